The number of hydrogen-bond donors (Lipinski definition) is 2. The Morgan fingerprint density at radius 2 is 1.78 bits per heavy atom. The smallest absolute Gasteiger partial charge is 0.223 e. The maximum Gasteiger partial charge on any atom is 0.223 e. The highest BCUT2D eigenvalue weighted by Gasteiger charge is 2.16. The highest BCUT2D eigenvalue weighted by Crippen LogP contribution is 2.39. The first-order valence-corrected chi connectivity index (χ1v) is 7.51. The van der Waals surface area contributed by atoms with E-state index in [1.54, 1.807) is 13.4 Å². The molecule has 0 amide bonds. The third-order valence-electron chi connectivity index (χ3n) is 4.03. The number of pyridine rings is 1. The molecule has 0 fully saturated rings. The summed E-state index contributed by atoms with van der Waals surface area (Å²) in [4.78, 5) is 13.3. The first kappa shape index (κ1) is 13.9. The van der Waals surface area contributed by atoms with Gasteiger partial charge in [-0.25, -0.2) is 9.97 Å². The Morgan fingerprint density at radius 3 is 2.48 bits per heavy atom. The van der Waals surface area contributed by atoms with Crippen LogP contribution in [0.25, 0.3) is 32.6 Å². The van der Waals surface area contributed by atoms with E-state index in [1.807, 2.05) is 24.3 Å². The van der Waals surface area contributed by atoms with Gasteiger partial charge in [0, 0.05) is 34.7 Å². The van der Waals surface area contributed by atoms with Gasteiger partial charge in [0.05, 0.1) is 18.1 Å². The standard InChI is InChI=1S/C17H16N4O2/c1-23-17-11-4-6-13-15-12(19-9-20-13)5-3-10(14(11)15)16(21-17)18-7-2-8-22/h3-6,9,22H,2,7-8H2,1H3,(H,18,21). The minimum absolute atomic E-state index is 0.143. The first-order chi connectivity index (χ1) is 11.3. The molecule has 4 aromatic rings. The number of benzene rings is 2. The fourth-order valence-electron chi connectivity index (χ4n) is 3.00. The zero-order chi connectivity index (χ0) is 15.8. The minimum Gasteiger partial charge on any atom is -0.480 e. The number of aromatic nitrogens is 3. The predicted molar refractivity (Wildman–Crippen MR) is 90.3 cm³/mol. The van der Waals surface area contributed by atoms with E-state index in [2.05, 4.69) is 20.3 Å². The van der Waals surface area contributed by atoms with E-state index in [-0.39, 0.29) is 6.61 Å². The Morgan fingerprint density at radius 1 is 1.04 bits per heavy atom. The molecule has 2 N–H and O–H groups in total. The third-order valence-corrected chi connectivity index (χ3v) is 4.03. The van der Waals surface area contributed by atoms with Gasteiger partial charge in [0.2, 0.25) is 5.88 Å². The van der Waals surface area contributed by atoms with Crippen LogP contribution >= 0.6 is 0 Å². The van der Waals surface area contributed by atoms with Gasteiger partial charge in [0.15, 0.2) is 0 Å². The van der Waals surface area contributed by atoms with E-state index >= 15 is 0 Å². The van der Waals surface area contributed by atoms with Gasteiger partial charge in [0.25, 0.3) is 0 Å². The van der Waals surface area contributed by atoms with Crippen LogP contribution in [-0.4, -0.2) is 40.3 Å². The molecule has 0 atom stereocenters. The second-order valence-corrected chi connectivity index (χ2v) is 5.36. The van der Waals surface area contributed by atoms with Gasteiger partial charge in [0.1, 0.15) is 12.1 Å². The van der Waals surface area contributed by atoms with Crippen molar-refractivity contribution in [3.05, 3.63) is 30.6 Å². The summed E-state index contributed by atoms with van der Waals surface area (Å²) in [5.41, 5.74) is 1.81. The number of aliphatic hydroxyl groups excluding tert-OH is 1. The van der Waals surface area contributed by atoms with Gasteiger partial charge in [-0.3, -0.25) is 0 Å². The van der Waals surface area contributed by atoms with E-state index in [9.17, 15) is 0 Å². The summed E-state index contributed by atoms with van der Waals surface area (Å²) in [7, 11) is 1.62. The van der Waals surface area contributed by atoms with Crippen molar-refractivity contribution >= 4 is 38.4 Å². The number of rotatable bonds is 5. The van der Waals surface area contributed by atoms with Crippen molar-refractivity contribution in [1.82, 2.24) is 15.0 Å². The fourth-order valence-corrected chi connectivity index (χ4v) is 3.00. The van der Waals surface area contributed by atoms with Crippen molar-refractivity contribution in [1.29, 1.82) is 0 Å². The molecule has 0 bridgehead atoms. The third kappa shape index (κ3) is 2.10. The highest BCUT2D eigenvalue weighted by atomic mass is 16.5. The van der Waals surface area contributed by atoms with E-state index in [0.29, 0.717) is 18.8 Å². The first-order valence-electron chi connectivity index (χ1n) is 7.51. The number of hydrogen-bond acceptors (Lipinski definition) is 6. The molecule has 4 rings (SSSR count). The zero-order valence-corrected chi connectivity index (χ0v) is 12.7. The molecule has 0 unspecified atom stereocenters. The Labute approximate surface area is 132 Å². The fraction of sp³-hybridized carbons (Fsp3) is 0.235. The molecule has 0 aliphatic heterocycles. The van der Waals surface area contributed by atoms with E-state index in [4.69, 9.17) is 9.84 Å². The summed E-state index contributed by atoms with van der Waals surface area (Å²) >= 11 is 0. The number of aliphatic hydroxyl groups is 1. The van der Waals surface area contributed by atoms with Crippen molar-refractivity contribution in [2.75, 3.05) is 25.6 Å². The van der Waals surface area contributed by atoms with Crippen LogP contribution in [0.1, 0.15) is 6.42 Å². The topological polar surface area (TPSA) is 80.2 Å². The van der Waals surface area contributed by atoms with Crippen LogP contribution in [-0.2, 0) is 0 Å². The molecule has 0 aliphatic carbocycles. The highest BCUT2D eigenvalue weighted by molar-refractivity contribution is 6.24. The number of anilines is 1. The molecular formula is C17H16N4O2. The molecule has 2 aromatic carbocycles. The molecular weight excluding hydrogens is 292 g/mol. The summed E-state index contributed by atoms with van der Waals surface area (Å²) in [6, 6.07) is 7.96. The Hall–Kier alpha value is -2.73. The van der Waals surface area contributed by atoms with Crippen molar-refractivity contribution in [2.24, 2.45) is 0 Å². The monoisotopic (exact) mass is 308 g/mol. The summed E-state index contributed by atoms with van der Waals surface area (Å²) in [6.45, 7) is 0.789. The van der Waals surface area contributed by atoms with E-state index in [0.717, 1.165) is 38.4 Å². The average molecular weight is 308 g/mol. The molecule has 2 aromatic heterocycles. The molecule has 0 radical (unpaired) electrons. The summed E-state index contributed by atoms with van der Waals surface area (Å²) in [5.74, 6) is 1.32. The SMILES string of the molecule is COc1nc(NCCCO)c2ccc3ncnc4ccc1c2c34. The summed E-state index contributed by atoms with van der Waals surface area (Å²) in [6.07, 6.45) is 2.24. The number of nitrogens with zero attached hydrogens (tertiary/aromatic N) is 3. The lowest BCUT2D eigenvalue weighted by molar-refractivity contribution is 0.292. The van der Waals surface area contributed by atoms with Crippen molar-refractivity contribution in [3.63, 3.8) is 0 Å². The largest absolute Gasteiger partial charge is 0.480 e. The molecule has 116 valence electrons. The van der Waals surface area contributed by atoms with Gasteiger partial charge in [-0.2, -0.15) is 4.98 Å². The second-order valence-electron chi connectivity index (χ2n) is 5.36. The second kappa shape index (κ2) is 5.48. The van der Waals surface area contributed by atoms with Gasteiger partial charge >= 0.3 is 0 Å². The maximum absolute atomic E-state index is 8.98. The molecule has 6 nitrogen and oxygen atoms in total. The summed E-state index contributed by atoms with van der Waals surface area (Å²) < 4.78 is 5.48. The molecule has 23 heavy (non-hydrogen) atoms. The van der Waals surface area contributed by atoms with Gasteiger partial charge in [-0.1, -0.05) is 0 Å². The van der Waals surface area contributed by atoms with Crippen molar-refractivity contribution < 1.29 is 9.84 Å². The zero-order valence-electron chi connectivity index (χ0n) is 12.7. The van der Waals surface area contributed by atoms with Gasteiger partial charge in [-0.05, 0) is 30.7 Å². The maximum atomic E-state index is 8.98. The van der Waals surface area contributed by atoms with Crippen LogP contribution in [0.15, 0.2) is 30.6 Å². The lowest BCUT2D eigenvalue weighted by Gasteiger charge is -2.15. The van der Waals surface area contributed by atoms with Crippen LogP contribution in [0.2, 0.25) is 0 Å². The number of nitrogens with one attached hydrogen (secondary N) is 1. The molecule has 0 aliphatic rings. The molecule has 0 spiro atoms. The van der Waals surface area contributed by atoms with Gasteiger partial charge in [-0.15, -0.1) is 0 Å². The van der Waals surface area contributed by atoms with Crippen molar-refractivity contribution in [2.45, 2.75) is 6.42 Å². The number of ether oxygens (including phenoxy) is 1. The quantitative estimate of drug-likeness (QED) is 0.436. The Bertz CT molecular complexity index is 971. The van der Waals surface area contributed by atoms with Crippen LogP contribution in [0.3, 0.4) is 0 Å². The predicted octanol–water partition coefficient (Wildman–Crippen LogP) is 2.57. The molecule has 2 heterocycles. The molecule has 6 heteroatoms. The Balaban J connectivity index is 2.07. The lowest BCUT2D eigenvalue weighted by atomic mass is 10.00. The van der Waals surface area contributed by atoms with E-state index < -0.39 is 0 Å². The normalized spacial score (nSPS) is 11.6. The molecule has 0 saturated carbocycles. The lowest BCUT2D eigenvalue weighted by Crippen LogP contribution is -2.07. The van der Waals surface area contributed by atoms with E-state index in [1.165, 1.54) is 0 Å². The van der Waals surface area contributed by atoms with Crippen LogP contribution in [0, 0.1) is 0 Å². The number of methoxy groups -OCH3 is 1. The van der Waals surface area contributed by atoms with Gasteiger partial charge < -0.3 is 15.2 Å². The average Bonchev–Trinajstić information content (AvgIpc) is 2.60. The molecule has 0 saturated heterocycles. The summed E-state index contributed by atoms with van der Waals surface area (Å²) in [5, 5.41) is 16.3. The Kier molecular flexibility index (Phi) is 3.31. The van der Waals surface area contributed by atoms with Crippen LogP contribution < -0.4 is 10.1 Å². The van der Waals surface area contributed by atoms with Crippen molar-refractivity contribution in [3.8, 4) is 5.88 Å². The minimum atomic E-state index is 0.143. The van der Waals surface area contributed by atoms with Crippen LogP contribution in [0.4, 0.5) is 5.82 Å². The van der Waals surface area contributed by atoms with Crippen LogP contribution in [0.5, 0.6) is 5.88 Å².